The van der Waals surface area contributed by atoms with Gasteiger partial charge in [-0.1, -0.05) is 30.3 Å². The monoisotopic (exact) mass is 394 g/mol. The molecule has 2 heterocycles. The predicted octanol–water partition coefficient (Wildman–Crippen LogP) is 3.34. The van der Waals surface area contributed by atoms with Crippen LogP contribution >= 0.6 is 0 Å². The Hall–Kier alpha value is -3.02. The molecule has 0 bridgehead atoms. The second kappa shape index (κ2) is 8.99. The third-order valence-corrected chi connectivity index (χ3v) is 5.70. The fourth-order valence-electron chi connectivity index (χ4n) is 4.11. The number of amides is 2. The summed E-state index contributed by atoms with van der Waals surface area (Å²) in [5.74, 6) is 1.87. The molecule has 0 aromatic heterocycles. The van der Waals surface area contributed by atoms with Gasteiger partial charge in [0, 0.05) is 19.5 Å². The Morgan fingerprint density at radius 2 is 1.86 bits per heavy atom. The largest absolute Gasteiger partial charge is 0.491 e. The van der Waals surface area contributed by atoms with Gasteiger partial charge in [-0.25, -0.2) is 0 Å². The Morgan fingerprint density at radius 1 is 1.07 bits per heavy atom. The molecule has 1 saturated heterocycles. The molecular formula is C23H26N2O4. The fraction of sp³-hybridized carbons (Fsp3) is 0.391. The number of likely N-dealkylation sites (tertiary alicyclic amines) is 1. The van der Waals surface area contributed by atoms with E-state index in [1.54, 1.807) is 0 Å². The van der Waals surface area contributed by atoms with Gasteiger partial charge in [0.05, 0.1) is 12.3 Å². The van der Waals surface area contributed by atoms with Gasteiger partial charge < -0.3 is 19.7 Å². The average molecular weight is 394 g/mol. The minimum atomic E-state index is -0.0138. The molecule has 152 valence electrons. The van der Waals surface area contributed by atoms with Crippen LogP contribution in [0.25, 0.3) is 0 Å². The maximum absolute atomic E-state index is 12.6. The number of para-hydroxylation sites is 3. The van der Waals surface area contributed by atoms with Gasteiger partial charge in [0.1, 0.15) is 11.5 Å². The maximum Gasteiger partial charge on any atom is 0.260 e. The van der Waals surface area contributed by atoms with Crippen molar-refractivity contribution in [3.63, 3.8) is 0 Å². The van der Waals surface area contributed by atoms with Crippen LogP contribution in [-0.4, -0.2) is 43.0 Å². The third-order valence-electron chi connectivity index (χ3n) is 5.70. The van der Waals surface area contributed by atoms with Crippen LogP contribution in [0, 0.1) is 11.8 Å². The van der Waals surface area contributed by atoms with Crippen molar-refractivity contribution >= 4 is 17.5 Å². The summed E-state index contributed by atoms with van der Waals surface area (Å²) in [5, 5.41) is 2.97. The molecule has 0 aliphatic carbocycles. The molecule has 0 saturated carbocycles. The number of benzene rings is 2. The highest BCUT2D eigenvalue weighted by Gasteiger charge is 2.33. The molecule has 0 radical (unpaired) electrons. The fourth-order valence-corrected chi connectivity index (χ4v) is 4.11. The lowest BCUT2D eigenvalue weighted by atomic mass is 9.81. The first-order chi connectivity index (χ1) is 14.2. The van der Waals surface area contributed by atoms with Crippen molar-refractivity contribution in [3.05, 3.63) is 54.6 Å². The summed E-state index contributed by atoms with van der Waals surface area (Å²) in [6.45, 7) is 1.89. The van der Waals surface area contributed by atoms with Gasteiger partial charge in [-0.05, 0) is 48.9 Å². The number of ether oxygens (including phenoxy) is 2. The molecule has 0 unspecified atom stereocenters. The van der Waals surface area contributed by atoms with Gasteiger partial charge in [0.2, 0.25) is 5.91 Å². The number of rotatable bonds is 3. The van der Waals surface area contributed by atoms with Crippen LogP contribution in [0.4, 0.5) is 5.69 Å². The van der Waals surface area contributed by atoms with Crippen molar-refractivity contribution in [3.8, 4) is 11.5 Å². The van der Waals surface area contributed by atoms with E-state index in [0.29, 0.717) is 37.6 Å². The van der Waals surface area contributed by atoms with Crippen LogP contribution in [0.15, 0.2) is 54.6 Å². The Balaban J connectivity index is 1.38. The first kappa shape index (κ1) is 19.3. The molecule has 29 heavy (non-hydrogen) atoms. The number of piperidine rings is 1. The molecular weight excluding hydrogens is 368 g/mol. The van der Waals surface area contributed by atoms with Gasteiger partial charge in [-0.3, -0.25) is 9.59 Å². The highest BCUT2D eigenvalue weighted by Crippen LogP contribution is 2.32. The van der Waals surface area contributed by atoms with Crippen molar-refractivity contribution in [1.29, 1.82) is 0 Å². The average Bonchev–Trinajstić information content (AvgIpc) is 2.75. The topological polar surface area (TPSA) is 67.9 Å². The Labute approximate surface area is 170 Å². The number of nitrogens with zero attached hydrogens (tertiary/aromatic N) is 1. The Kier molecular flexibility index (Phi) is 5.98. The first-order valence-corrected chi connectivity index (χ1v) is 10.2. The zero-order valence-corrected chi connectivity index (χ0v) is 16.4. The summed E-state index contributed by atoms with van der Waals surface area (Å²) in [5.41, 5.74) is 0.724. The first-order valence-electron chi connectivity index (χ1n) is 10.2. The minimum Gasteiger partial charge on any atom is -0.491 e. The van der Waals surface area contributed by atoms with E-state index in [1.165, 1.54) is 0 Å². The molecule has 2 aromatic carbocycles. The molecule has 2 aliphatic heterocycles. The molecule has 1 N–H and O–H groups in total. The smallest absolute Gasteiger partial charge is 0.260 e. The number of carbonyl (C=O) groups is 2. The van der Waals surface area contributed by atoms with E-state index < -0.39 is 0 Å². The quantitative estimate of drug-likeness (QED) is 0.867. The Morgan fingerprint density at radius 3 is 2.72 bits per heavy atom. The van der Waals surface area contributed by atoms with Crippen LogP contribution in [0.1, 0.15) is 19.3 Å². The summed E-state index contributed by atoms with van der Waals surface area (Å²) in [4.78, 5) is 27.0. The molecule has 2 aromatic rings. The summed E-state index contributed by atoms with van der Waals surface area (Å²) < 4.78 is 11.5. The second-order valence-electron chi connectivity index (χ2n) is 7.64. The number of anilines is 1. The van der Waals surface area contributed by atoms with E-state index in [0.717, 1.165) is 18.5 Å². The van der Waals surface area contributed by atoms with Crippen molar-refractivity contribution in [2.45, 2.75) is 19.3 Å². The highest BCUT2D eigenvalue weighted by atomic mass is 16.5. The second-order valence-corrected chi connectivity index (χ2v) is 7.64. The van der Waals surface area contributed by atoms with Crippen molar-refractivity contribution < 1.29 is 19.1 Å². The minimum absolute atomic E-state index is 0.00476. The van der Waals surface area contributed by atoms with Gasteiger partial charge >= 0.3 is 0 Å². The lowest BCUT2D eigenvalue weighted by Gasteiger charge is -2.39. The number of nitrogens with one attached hydrogen (secondary N) is 1. The predicted molar refractivity (Wildman–Crippen MR) is 110 cm³/mol. The summed E-state index contributed by atoms with van der Waals surface area (Å²) in [6, 6.07) is 16.9. The lowest BCUT2D eigenvalue weighted by molar-refractivity contribution is -0.136. The zero-order valence-electron chi connectivity index (χ0n) is 16.4. The van der Waals surface area contributed by atoms with Crippen molar-refractivity contribution in [2.75, 3.05) is 31.6 Å². The molecule has 4 rings (SSSR count). The van der Waals surface area contributed by atoms with E-state index in [2.05, 4.69) is 5.32 Å². The van der Waals surface area contributed by atoms with E-state index >= 15 is 0 Å². The van der Waals surface area contributed by atoms with E-state index in [1.807, 2.05) is 59.5 Å². The lowest BCUT2D eigenvalue weighted by Crippen LogP contribution is -2.46. The Bertz CT molecular complexity index is 855. The van der Waals surface area contributed by atoms with Gasteiger partial charge in [0.15, 0.2) is 6.61 Å². The van der Waals surface area contributed by atoms with E-state index in [-0.39, 0.29) is 30.3 Å². The van der Waals surface area contributed by atoms with E-state index in [4.69, 9.17) is 9.47 Å². The van der Waals surface area contributed by atoms with Crippen LogP contribution < -0.4 is 14.8 Å². The van der Waals surface area contributed by atoms with Crippen LogP contribution in [-0.2, 0) is 9.59 Å². The standard InChI is InChI=1S/C23H26N2O4/c26-22-14-17-10-12-25(23(27)16-29-19-6-2-1-3-7-19)15-18(17)11-13-28-21-9-5-4-8-20(21)24-22/h1-9,17-18H,10-16H2,(H,24,26)/t17-,18-/m0/s1. The van der Waals surface area contributed by atoms with E-state index in [9.17, 15) is 9.59 Å². The van der Waals surface area contributed by atoms with Crippen molar-refractivity contribution in [2.24, 2.45) is 11.8 Å². The molecule has 6 heteroatoms. The number of hydrogen-bond acceptors (Lipinski definition) is 4. The van der Waals surface area contributed by atoms with Crippen LogP contribution in [0.2, 0.25) is 0 Å². The SMILES string of the molecule is O=C1C[C@@H]2CCN(C(=O)COc3ccccc3)C[C@@H]2CCOc2ccccc2N1. The summed E-state index contributed by atoms with van der Waals surface area (Å²) in [7, 11) is 0. The van der Waals surface area contributed by atoms with Crippen LogP contribution in [0.3, 0.4) is 0 Å². The van der Waals surface area contributed by atoms with Crippen molar-refractivity contribution in [1.82, 2.24) is 4.90 Å². The molecule has 2 aliphatic rings. The molecule has 6 nitrogen and oxygen atoms in total. The number of hydrogen-bond donors (Lipinski definition) is 1. The maximum atomic E-state index is 12.6. The van der Waals surface area contributed by atoms with Gasteiger partial charge in [0.25, 0.3) is 5.91 Å². The number of carbonyl (C=O) groups excluding carboxylic acids is 2. The molecule has 2 atom stereocenters. The normalized spacial score (nSPS) is 21.8. The molecule has 0 spiro atoms. The van der Waals surface area contributed by atoms with Gasteiger partial charge in [-0.15, -0.1) is 0 Å². The zero-order chi connectivity index (χ0) is 20.1. The van der Waals surface area contributed by atoms with Gasteiger partial charge in [-0.2, -0.15) is 0 Å². The number of fused-ring (bicyclic) bond motifs is 2. The summed E-state index contributed by atoms with van der Waals surface area (Å²) >= 11 is 0. The third kappa shape index (κ3) is 4.88. The summed E-state index contributed by atoms with van der Waals surface area (Å²) in [6.07, 6.45) is 2.11. The molecule has 1 fully saturated rings. The molecule has 2 amide bonds. The van der Waals surface area contributed by atoms with Crippen LogP contribution in [0.5, 0.6) is 11.5 Å². The highest BCUT2D eigenvalue weighted by molar-refractivity contribution is 5.92.